The quantitative estimate of drug-likeness (QED) is 0.776. The van der Waals surface area contributed by atoms with Gasteiger partial charge in [0.25, 0.3) is 0 Å². The van der Waals surface area contributed by atoms with Gasteiger partial charge in [0.05, 0.1) is 6.20 Å². The number of aryl methyl sites for hydroxylation is 1. The fourth-order valence-electron chi connectivity index (χ4n) is 1.60. The number of hydrogen-bond acceptors (Lipinski definition) is 4. The molecule has 2 rings (SSSR count). The van der Waals surface area contributed by atoms with Crippen LogP contribution in [-0.4, -0.2) is 23.7 Å². The molecule has 0 atom stereocenters. The van der Waals surface area contributed by atoms with Gasteiger partial charge in [0.15, 0.2) is 0 Å². The van der Waals surface area contributed by atoms with Crippen LogP contribution in [0.3, 0.4) is 0 Å². The van der Waals surface area contributed by atoms with Gasteiger partial charge in [-0.3, -0.25) is 0 Å². The van der Waals surface area contributed by atoms with Crippen LogP contribution in [0.15, 0.2) is 34.9 Å². The van der Waals surface area contributed by atoms with Crippen molar-refractivity contribution in [2.45, 2.75) is 12.8 Å². The van der Waals surface area contributed by atoms with Crippen molar-refractivity contribution in [1.82, 2.24) is 10.3 Å². The average molecular weight is 232 g/mol. The number of phenolic OH excluding ortho intramolecular Hbond substituents is 1. The van der Waals surface area contributed by atoms with Gasteiger partial charge in [-0.15, -0.1) is 0 Å². The van der Waals surface area contributed by atoms with E-state index < -0.39 is 0 Å². The summed E-state index contributed by atoms with van der Waals surface area (Å²) in [7, 11) is 1.93. The molecule has 1 aromatic carbocycles. The third kappa shape index (κ3) is 3.07. The first-order valence-corrected chi connectivity index (χ1v) is 5.68. The molecular formula is C13H16N2O2. The zero-order valence-electron chi connectivity index (χ0n) is 9.81. The molecule has 17 heavy (non-hydrogen) atoms. The van der Waals surface area contributed by atoms with Gasteiger partial charge in [0.2, 0.25) is 5.89 Å². The molecule has 1 heterocycles. The maximum Gasteiger partial charge on any atom is 0.226 e. The number of phenols is 1. The molecule has 0 aliphatic heterocycles. The standard InChI is InChI=1S/C13H16N2O2/c1-14-8-2-3-12-9-15-13(17-12)10-4-6-11(16)7-5-10/h4-7,9,14,16H,2-3,8H2,1H3. The molecule has 0 spiro atoms. The van der Waals surface area contributed by atoms with Gasteiger partial charge >= 0.3 is 0 Å². The lowest BCUT2D eigenvalue weighted by Crippen LogP contribution is -2.08. The largest absolute Gasteiger partial charge is 0.508 e. The summed E-state index contributed by atoms with van der Waals surface area (Å²) in [6.45, 7) is 0.968. The van der Waals surface area contributed by atoms with Gasteiger partial charge in [0, 0.05) is 12.0 Å². The molecular weight excluding hydrogens is 216 g/mol. The van der Waals surface area contributed by atoms with Crippen LogP contribution in [-0.2, 0) is 6.42 Å². The molecule has 0 saturated heterocycles. The minimum Gasteiger partial charge on any atom is -0.508 e. The second-order valence-electron chi connectivity index (χ2n) is 3.89. The van der Waals surface area contributed by atoms with E-state index in [0.29, 0.717) is 5.89 Å². The molecule has 1 aromatic heterocycles. The number of hydrogen-bond donors (Lipinski definition) is 2. The first kappa shape index (κ1) is 11.7. The summed E-state index contributed by atoms with van der Waals surface area (Å²) in [5.74, 6) is 1.74. The summed E-state index contributed by atoms with van der Waals surface area (Å²) in [5, 5.41) is 12.3. The molecule has 4 heteroatoms. The molecule has 2 aromatic rings. The molecule has 0 aliphatic carbocycles. The third-order valence-corrected chi connectivity index (χ3v) is 2.52. The Balaban J connectivity index is 2.04. The van der Waals surface area contributed by atoms with Crippen LogP contribution in [0.25, 0.3) is 11.5 Å². The van der Waals surface area contributed by atoms with Crippen LogP contribution >= 0.6 is 0 Å². The Morgan fingerprint density at radius 2 is 2.06 bits per heavy atom. The Labute approximate surface area is 100 Å². The number of oxazole rings is 1. The minimum absolute atomic E-state index is 0.245. The molecule has 0 aliphatic rings. The fourth-order valence-corrected chi connectivity index (χ4v) is 1.60. The van der Waals surface area contributed by atoms with Gasteiger partial charge in [-0.2, -0.15) is 0 Å². The smallest absolute Gasteiger partial charge is 0.226 e. The van der Waals surface area contributed by atoms with Crippen LogP contribution in [0.4, 0.5) is 0 Å². The summed E-state index contributed by atoms with van der Waals surface area (Å²) in [6.07, 6.45) is 3.67. The number of benzene rings is 1. The fraction of sp³-hybridized carbons (Fsp3) is 0.308. The monoisotopic (exact) mass is 232 g/mol. The van der Waals surface area contributed by atoms with Crippen LogP contribution < -0.4 is 5.32 Å². The average Bonchev–Trinajstić information content (AvgIpc) is 2.79. The van der Waals surface area contributed by atoms with Gasteiger partial charge in [0.1, 0.15) is 11.5 Å². The van der Waals surface area contributed by atoms with Crippen molar-refractivity contribution < 1.29 is 9.52 Å². The summed E-state index contributed by atoms with van der Waals surface area (Å²) in [5.41, 5.74) is 0.877. The second-order valence-corrected chi connectivity index (χ2v) is 3.89. The van der Waals surface area contributed by atoms with Crippen molar-refractivity contribution >= 4 is 0 Å². The SMILES string of the molecule is CNCCCc1cnc(-c2ccc(O)cc2)o1. The highest BCUT2D eigenvalue weighted by Crippen LogP contribution is 2.21. The topological polar surface area (TPSA) is 58.3 Å². The maximum atomic E-state index is 9.19. The van der Waals surface area contributed by atoms with E-state index in [0.717, 1.165) is 30.7 Å². The summed E-state index contributed by atoms with van der Waals surface area (Å²) in [6, 6.07) is 6.83. The number of aromatic nitrogens is 1. The minimum atomic E-state index is 0.245. The van der Waals surface area contributed by atoms with E-state index in [1.165, 1.54) is 0 Å². The number of aromatic hydroxyl groups is 1. The molecule has 2 N–H and O–H groups in total. The highest BCUT2D eigenvalue weighted by molar-refractivity contribution is 5.54. The Bertz CT molecular complexity index is 463. The van der Waals surface area contributed by atoms with E-state index in [4.69, 9.17) is 4.42 Å². The molecule has 4 nitrogen and oxygen atoms in total. The highest BCUT2D eigenvalue weighted by Gasteiger charge is 2.06. The van der Waals surface area contributed by atoms with Gasteiger partial charge in [-0.25, -0.2) is 4.98 Å². The molecule has 0 radical (unpaired) electrons. The summed E-state index contributed by atoms with van der Waals surface area (Å²) in [4.78, 5) is 4.23. The molecule has 90 valence electrons. The molecule has 0 fully saturated rings. The first-order valence-electron chi connectivity index (χ1n) is 5.68. The van der Waals surface area contributed by atoms with Crippen molar-refractivity contribution in [2.24, 2.45) is 0 Å². The Morgan fingerprint density at radius 1 is 1.29 bits per heavy atom. The summed E-state index contributed by atoms with van der Waals surface area (Å²) >= 11 is 0. The Hall–Kier alpha value is -1.81. The van der Waals surface area contributed by atoms with Crippen molar-refractivity contribution in [3.8, 4) is 17.2 Å². The predicted molar refractivity (Wildman–Crippen MR) is 65.9 cm³/mol. The lowest BCUT2D eigenvalue weighted by atomic mass is 10.2. The van der Waals surface area contributed by atoms with Crippen LogP contribution in [0, 0.1) is 0 Å². The van der Waals surface area contributed by atoms with Crippen LogP contribution in [0.2, 0.25) is 0 Å². The molecule has 0 saturated carbocycles. The normalized spacial score (nSPS) is 10.6. The summed E-state index contributed by atoms with van der Waals surface area (Å²) < 4.78 is 5.64. The zero-order chi connectivity index (χ0) is 12.1. The van der Waals surface area contributed by atoms with Gasteiger partial charge < -0.3 is 14.8 Å². The van der Waals surface area contributed by atoms with Crippen LogP contribution in [0.1, 0.15) is 12.2 Å². The van der Waals surface area contributed by atoms with Crippen molar-refractivity contribution in [3.63, 3.8) is 0 Å². The molecule has 0 amide bonds. The number of nitrogens with one attached hydrogen (secondary N) is 1. The number of rotatable bonds is 5. The first-order chi connectivity index (χ1) is 8.29. The van der Waals surface area contributed by atoms with Crippen molar-refractivity contribution in [3.05, 3.63) is 36.2 Å². The van der Waals surface area contributed by atoms with E-state index in [1.54, 1.807) is 30.5 Å². The van der Waals surface area contributed by atoms with E-state index >= 15 is 0 Å². The third-order valence-electron chi connectivity index (χ3n) is 2.52. The van der Waals surface area contributed by atoms with E-state index in [9.17, 15) is 5.11 Å². The van der Waals surface area contributed by atoms with E-state index in [-0.39, 0.29) is 5.75 Å². The predicted octanol–water partition coefficient (Wildman–Crippen LogP) is 2.20. The zero-order valence-corrected chi connectivity index (χ0v) is 9.81. The van der Waals surface area contributed by atoms with Crippen molar-refractivity contribution in [2.75, 3.05) is 13.6 Å². The van der Waals surface area contributed by atoms with Gasteiger partial charge in [-0.05, 0) is 44.3 Å². The highest BCUT2D eigenvalue weighted by atomic mass is 16.4. The van der Waals surface area contributed by atoms with Crippen molar-refractivity contribution in [1.29, 1.82) is 0 Å². The van der Waals surface area contributed by atoms with Crippen LogP contribution in [0.5, 0.6) is 5.75 Å². The number of nitrogens with zero attached hydrogens (tertiary/aromatic N) is 1. The van der Waals surface area contributed by atoms with E-state index in [1.807, 2.05) is 7.05 Å². The maximum absolute atomic E-state index is 9.19. The Morgan fingerprint density at radius 3 is 2.76 bits per heavy atom. The lowest BCUT2D eigenvalue weighted by Gasteiger charge is -1.97. The van der Waals surface area contributed by atoms with Gasteiger partial charge in [-0.1, -0.05) is 0 Å². The molecule has 0 unspecified atom stereocenters. The lowest BCUT2D eigenvalue weighted by molar-refractivity contribution is 0.475. The van der Waals surface area contributed by atoms with E-state index in [2.05, 4.69) is 10.3 Å². The molecule has 0 bridgehead atoms. The Kier molecular flexibility index (Phi) is 3.77. The second kappa shape index (κ2) is 5.50.